The molecule has 0 bridgehead atoms. The average molecular weight is 290 g/mol. The molecule has 0 radical (unpaired) electrons. The van der Waals surface area contributed by atoms with Crippen molar-refractivity contribution in [1.29, 1.82) is 0 Å². The fourth-order valence-electron chi connectivity index (χ4n) is 2.45. The predicted octanol–water partition coefficient (Wildman–Crippen LogP) is 2.57. The second-order valence-corrected chi connectivity index (χ2v) is 5.37. The molecule has 1 aliphatic rings. The van der Waals surface area contributed by atoms with E-state index in [9.17, 15) is 0 Å². The number of likely N-dealkylation sites (tertiary alicyclic amines) is 1. The summed E-state index contributed by atoms with van der Waals surface area (Å²) in [5.41, 5.74) is 6.98. The lowest BCUT2D eigenvalue weighted by molar-refractivity contribution is 0.126. The van der Waals surface area contributed by atoms with Crippen LogP contribution in [0.2, 0.25) is 5.02 Å². The van der Waals surface area contributed by atoms with Gasteiger partial charge in [0.1, 0.15) is 0 Å². The minimum absolute atomic E-state index is 0. The molecule has 2 N–H and O–H groups in total. The van der Waals surface area contributed by atoms with Gasteiger partial charge in [-0.3, -0.25) is 9.88 Å². The lowest BCUT2D eigenvalue weighted by Gasteiger charge is -2.36. The van der Waals surface area contributed by atoms with Gasteiger partial charge in [-0.25, -0.2) is 0 Å². The summed E-state index contributed by atoms with van der Waals surface area (Å²) in [7, 11) is 0. The van der Waals surface area contributed by atoms with Gasteiger partial charge in [0.2, 0.25) is 0 Å². The maximum absolute atomic E-state index is 6.13. The topological polar surface area (TPSA) is 42.2 Å². The van der Waals surface area contributed by atoms with Crippen LogP contribution < -0.4 is 5.73 Å². The Balaban J connectivity index is 0.00000162. The van der Waals surface area contributed by atoms with Crippen LogP contribution in [0, 0.1) is 11.8 Å². The van der Waals surface area contributed by atoms with E-state index in [4.69, 9.17) is 17.3 Å². The molecule has 2 heterocycles. The Morgan fingerprint density at radius 3 is 3.00 bits per heavy atom. The van der Waals surface area contributed by atoms with Crippen molar-refractivity contribution < 1.29 is 0 Å². The molecule has 0 aliphatic carbocycles. The fourth-order valence-corrected chi connectivity index (χ4v) is 2.63. The Bertz CT molecular complexity index is 373. The van der Waals surface area contributed by atoms with Crippen molar-refractivity contribution in [2.45, 2.75) is 19.9 Å². The molecule has 1 aliphatic heterocycles. The molecule has 0 saturated carbocycles. The smallest absolute Gasteiger partial charge is 0.0634 e. The molecule has 1 fully saturated rings. The number of halogens is 2. The Hall–Kier alpha value is -0.350. The lowest BCUT2D eigenvalue weighted by Crippen LogP contribution is -2.42. The highest BCUT2D eigenvalue weighted by molar-refractivity contribution is 6.31. The summed E-state index contributed by atoms with van der Waals surface area (Å²) in [5.74, 6) is 1.36. The number of nitrogens with two attached hydrogens (primary N) is 1. The van der Waals surface area contributed by atoms with Gasteiger partial charge in [-0.15, -0.1) is 12.4 Å². The molecular formula is C13H21Cl2N3. The molecule has 5 heteroatoms. The molecule has 2 rings (SSSR count). The number of piperidine rings is 1. The van der Waals surface area contributed by atoms with E-state index in [1.807, 2.05) is 6.07 Å². The molecule has 1 saturated heterocycles. The normalized spacial score (nSPS) is 24.6. The second-order valence-electron chi connectivity index (χ2n) is 4.96. The molecule has 2 unspecified atom stereocenters. The van der Waals surface area contributed by atoms with Gasteiger partial charge < -0.3 is 5.73 Å². The number of aromatic nitrogens is 1. The van der Waals surface area contributed by atoms with Crippen LogP contribution in [-0.4, -0.2) is 29.5 Å². The van der Waals surface area contributed by atoms with E-state index in [-0.39, 0.29) is 12.4 Å². The minimum Gasteiger partial charge on any atom is -0.330 e. The van der Waals surface area contributed by atoms with E-state index < -0.39 is 0 Å². The first-order valence-corrected chi connectivity index (χ1v) is 6.59. The zero-order valence-corrected chi connectivity index (χ0v) is 12.3. The van der Waals surface area contributed by atoms with Gasteiger partial charge in [0, 0.05) is 25.5 Å². The molecule has 18 heavy (non-hydrogen) atoms. The summed E-state index contributed by atoms with van der Waals surface area (Å²) in [6, 6.07) is 2.00. The highest BCUT2D eigenvalue weighted by atomic mass is 35.5. The number of hydrogen-bond acceptors (Lipinski definition) is 3. The van der Waals surface area contributed by atoms with Gasteiger partial charge in [-0.05, 0) is 43.0 Å². The minimum atomic E-state index is 0. The van der Waals surface area contributed by atoms with Crippen LogP contribution in [0.1, 0.15) is 18.9 Å². The van der Waals surface area contributed by atoms with Crippen LogP contribution in [0.4, 0.5) is 0 Å². The standard InChI is InChI=1S/C13H20ClN3.ClH/c1-10-3-5-17(9-12(10)6-15)8-11-2-4-16-7-13(11)14;/h2,4,7,10,12H,3,5-6,8-9,15H2,1H3;1H. The van der Waals surface area contributed by atoms with E-state index in [0.29, 0.717) is 5.92 Å². The highest BCUT2D eigenvalue weighted by Gasteiger charge is 2.25. The van der Waals surface area contributed by atoms with Crippen LogP contribution in [0.25, 0.3) is 0 Å². The van der Waals surface area contributed by atoms with Crippen LogP contribution in [0.5, 0.6) is 0 Å². The van der Waals surface area contributed by atoms with Crippen molar-refractivity contribution in [3.05, 3.63) is 29.0 Å². The van der Waals surface area contributed by atoms with Gasteiger partial charge in [0.05, 0.1) is 5.02 Å². The predicted molar refractivity (Wildman–Crippen MR) is 78.1 cm³/mol. The van der Waals surface area contributed by atoms with Gasteiger partial charge >= 0.3 is 0 Å². The molecule has 102 valence electrons. The summed E-state index contributed by atoms with van der Waals surface area (Å²) in [5, 5.41) is 0.760. The third-order valence-electron chi connectivity index (χ3n) is 3.75. The van der Waals surface area contributed by atoms with E-state index in [1.165, 1.54) is 6.42 Å². The lowest BCUT2D eigenvalue weighted by atomic mass is 9.87. The van der Waals surface area contributed by atoms with Crippen LogP contribution in [0.15, 0.2) is 18.5 Å². The van der Waals surface area contributed by atoms with E-state index >= 15 is 0 Å². The number of pyridine rings is 1. The van der Waals surface area contributed by atoms with Gasteiger partial charge in [-0.1, -0.05) is 18.5 Å². The maximum Gasteiger partial charge on any atom is 0.0634 e. The Morgan fingerprint density at radius 2 is 2.33 bits per heavy atom. The molecule has 0 spiro atoms. The summed E-state index contributed by atoms with van der Waals surface area (Å²) in [6.45, 7) is 6.20. The first-order valence-electron chi connectivity index (χ1n) is 6.21. The summed E-state index contributed by atoms with van der Waals surface area (Å²) < 4.78 is 0. The van der Waals surface area contributed by atoms with Crippen molar-refractivity contribution in [2.75, 3.05) is 19.6 Å². The zero-order chi connectivity index (χ0) is 12.3. The van der Waals surface area contributed by atoms with Crippen molar-refractivity contribution in [1.82, 2.24) is 9.88 Å². The van der Waals surface area contributed by atoms with Crippen molar-refractivity contribution in [3.8, 4) is 0 Å². The summed E-state index contributed by atoms with van der Waals surface area (Å²) in [6.07, 6.45) is 4.74. The molecule has 0 aromatic carbocycles. The van der Waals surface area contributed by atoms with Crippen LogP contribution >= 0.6 is 24.0 Å². The van der Waals surface area contributed by atoms with E-state index in [2.05, 4.69) is 16.8 Å². The molecule has 3 nitrogen and oxygen atoms in total. The number of rotatable bonds is 3. The first-order chi connectivity index (χ1) is 8.20. The highest BCUT2D eigenvalue weighted by Crippen LogP contribution is 2.24. The van der Waals surface area contributed by atoms with Gasteiger partial charge in [-0.2, -0.15) is 0 Å². The third-order valence-corrected chi connectivity index (χ3v) is 4.09. The zero-order valence-electron chi connectivity index (χ0n) is 10.7. The fraction of sp³-hybridized carbons (Fsp3) is 0.615. The van der Waals surface area contributed by atoms with Crippen LogP contribution in [0.3, 0.4) is 0 Å². The van der Waals surface area contributed by atoms with Crippen LogP contribution in [-0.2, 0) is 6.54 Å². The Morgan fingerprint density at radius 1 is 1.56 bits per heavy atom. The van der Waals surface area contributed by atoms with Crippen molar-refractivity contribution >= 4 is 24.0 Å². The molecule has 1 aromatic rings. The van der Waals surface area contributed by atoms with Gasteiger partial charge in [0.25, 0.3) is 0 Å². The van der Waals surface area contributed by atoms with E-state index in [1.54, 1.807) is 12.4 Å². The third kappa shape index (κ3) is 3.82. The SMILES string of the molecule is CC1CCN(Cc2ccncc2Cl)CC1CN.Cl. The van der Waals surface area contributed by atoms with Crippen molar-refractivity contribution in [3.63, 3.8) is 0 Å². The summed E-state index contributed by atoms with van der Waals surface area (Å²) >= 11 is 6.13. The summed E-state index contributed by atoms with van der Waals surface area (Å²) in [4.78, 5) is 6.45. The van der Waals surface area contributed by atoms with Gasteiger partial charge in [0.15, 0.2) is 0 Å². The maximum atomic E-state index is 6.13. The number of hydrogen-bond donors (Lipinski definition) is 1. The molecule has 0 amide bonds. The van der Waals surface area contributed by atoms with Crippen molar-refractivity contribution in [2.24, 2.45) is 17.6 Å². The quantitative estimate of drug-likeness (QED) is 0.930. The Labute approximate surface area is 120 Å². The number of nitrogens with zero attached hydrogens (tertiary/aromatic N) is 2. The second kappa shape index (κ2) is 7.29. The first kappa shape index (κ1) is 15.7. The Kier molecular flexibility index (Phi) is 6.36. The monoisotopic (exact) mass is 289 g/mol. The average Bonchev–Trinajstić information content (AvgIpc) is 2.34. The molecule has 1 aromatic heterocycles. The van der Waals surface area contributed by atoms with E-state index in [0.717, 1.165) is 42.7 Å². The molecular weight excluding hydrogens is 269 g/mol. The molecule has 2 atom stereocenters. The largest absolute Gasteiger partial charge is 0.330 e.